The van der Waals surface area contributed by atoms with Crippen LogP contribution in [0.1, 0.15) is 11.1 Å². The van der Waals surface area contributed by atoms with Crippen molar-refractivity contribution in [1.29, 1.82) is 0 Å². The van der Waals surface area contributed by atoms with Gasteiger partial charge in [-0.1, -0.05) is 54.6 Å². The monoisotopic (exact) mass is 365 g/mol. The van der Waals surface area contributed by atoms with Crippen LogP contribution >= 0.6 is 0 Å². The van der Waals surface area contributed by atoms with Gasteiger partial charge in [0.05, 0.1) is 5.69 Å². The molecule has 2 aromatic carbocycles. The molecule has 0 bridgehead atoms. The number of nitrogens with zero attached hydrogens (tertiary/aromatic N) is 3. The molecule has 136 valence electrons. The molecule has 4 aromatic rings. The second-order valence-corrected chi connectivity index (χ2v) is 6.83. The maximum absolute atomic E-state index is 6.11. The summed E-state index contributed by atoms with van der Waals surface area (Å²) in [5.74, 6) is 2.37. The van der Waals surface area contributed by atoms with Crippen LogP contribution in [-0.2, 0) is 6.61 Å². The van der Waals surface area contributed by atoms with E-state index in [0.717, 1.165) is 45.3 Å². The third-order valence-corrected chi connectivity index (χ3v) is 4.87. The molecule has 4 heteroatoms. The van der Waals surface area contributed by atoms with Gasteiger partial charge < -0.3 is 4.74 Å². The number of fused-ring (bicyclic) bond motifs is 2. The molecule has 0 radical (unpaired) electrons. The summed E-state index contributed by atoms with van der Waals surface area (Å²) in [6.07, 6.45) is 3.68. The maximum atomic E-state index is 6.11. The van der Waals surface area contributed by atoms with Crippen molar-refractivity contribution in [3.63, 3.8) is 0 Å². The number of para-hydroxylation sites is 1. The third-order valence-electron chi connectivity index (χ3n) is 4.87. The lowest BCUT2D eigenvalue weighted by atomic mass is 10.0. The summed E-state index contributed by atoms with van der Waals surface area (Å²) in [7, 11) is 0. The van der Waals surface area contributed by atoms with Crippen molar-refractivity contribution in [3.8, 4) is 16.9 Å². The largest absolute Gasteiger partial charge is 0.485 e. The fraction of sp³-hybridized carbons (Fsp3) is 0.0833. The highest BCUT2D eigenvalue weighted by molar-refractivity contribution is 5.88. The predicted octanol–water partition coefficient (Wildman–Crippen LogP) is 5.81. The fourth-order valence-corrected chi connectivity index (χ4v) is 3.57. The molecule has 0 saturated heterocycles. The Morgan fingerprint density at radius 1 is 0.857 bits per heavy atom. The van der Waals surface area contributed by atoms with Gasteiger partial charge in [0.1, 0.15) is 12.4 Å². The Hall–Kier alpha value is -3.66. The molecule has 0 N–H and O–H groups in total. The zero-order valence-electron chi connectivity index (χ0n) is 15.5. The van der Waals surface area contributed by atoms with Gasteiger partial charge in [0, 0.05) is 23.5 Å². The van der Waals surface area contributed by atoms with Crippen LogP contribution < -0.4 is 9.64 Å². The summed E-state index contributed by atoms with van der Waals surface area (Å²) in [5, 5.41) is 0. The van der Waals surface area contributed by atoms with Crippen molar-refractivity contribution >= 4 is 17.3 Å². The Morgan fingerprint density at radius 2 is 1.68 bits per heavy atom. The van der Waals surface area contributed by atoms with E-state index in [1.165, 1.54) is 0 Å². The van der Waals surface area contributed by atoms with E-state index in [1.807, 2.05) is 43.6 Å². The van der Waals surface area contributed by atoms with Crippen molar-refractivity contribution < 1.29 is 4.74 Å². The summed E-state index contributed by atoms with van der Waals surface area (Å²) in [6, 6.07) is 24.8. The lowest BCUT2D eigenvalue weighted by molar-refractivity contribution is 0.309. The van der Waals surface area contributed by atoms with Crippen LogP contribution in [0.5, 0.6) is 5.75 Å². The number of aryl methyl sites for hydroxylation is 1. The van der Waals surface area contributed by atoms with E-state index in [2.05, 4.69) is 53.4 Å². The maximum Gasteiger partial charge on any atom is 0.181 e. The van der Waals surface area contributed by atoms with Crippen molar-refractivity contribution in [2.75, 3.05) is 4.90 Å². The van der Waals surface area contributed by atoms with Crippen molar-refractivity contribution in [2.45, 2.75) is 13.5 Å². The molecule has 0 unspecified atom stereocenters. The Morgan fingerprint density at radius 3 is 2.57 bits per heavy atom. The molecule has 0 saturated carbocycles. The molecule has 0 amide bonds. The first kappa shape index (κ1) is 16.5. The Kier molecular flexibility index (Phi) is 4.02. The van der Waals surface area contributed by atoms with E-state index in [1.54, 1.807) is 0 Å². The second-order valence-electron chi connectivity index (χ2n) is 6.83. The Labute approximate surface area is 164 Å². The van der Waals surface area contributed by atoms with Crippen molar-refractivity contribution in [3.05, 3.63) is 96.3 Å². The number of ether oxygens (including phenoxy) is 1. The van der Waals surface area contributed by atoms with Crippen LogP contribution in [0.4, 0.5) is 17.3 Å². The van der Waals surface area contributed by atoms with Gasteiger partial charge in [0.15, 0.2) is 11.6 Å². The third kappa shape index (κ3) is 2.79. The predicted molar refractivity (Wildman–Crippen MR) is 111 cm³/mol. The summed E-state index contributed by atoms with van der Waals surface area (Å²) in [6.45, 7) is 2.49. The van der Waals surface area contributed by atoms with Gasteiger partial charge in [-0.25, -0.2) is 9.97 Å². The summed E-state index contributed by atoms with van der Waals surface area (Å²) >= 11 is 0. The molecule has 2 aromatic heterocycles. The van der Waals surface area contributed by atoms with Gasteiger partial charge in [-0.15, -0.1) is 0 Å². The van der Waals surface area contributed by atoms with Crippen LogP contribution in [-0.4, -0.2) is 9.97 Å². The van der Waals surface area contributed by atoms with E-state index in [9.17, 15) is 0 Å². The minimum Gasteiger partial charge on any atom is -0.485 e. The van der Waals surface area contributed by atoms with E-state index in [0.29, 0.717) is 6.61 Å². The summed E-state index contributed by atoms with van der Waals surface area (Å²) in [5.41, 5.74) is 5.39. The average molecular weight is 365 g/mol. The molecule has 4 nitrogen and oxygen atoms in total. The van der Waals surface area contributed by atoms with Crippen LogP contribution in [0.2, 0.25) is 0 Å². The first-order chi connectivity index (χ1) is 13.8. The zero-order chi connectivity index (χ0) is 18.9. The molecule has 0 fully saturated rings. The molecule has 0 aliphatic carbocycles. The molecule has 5 rings (SSSR count). The second kappa shape index (κ2) is 6.82. The SMILES string of the molecule is Cc1cnc2c(c1)OCc1cccnc1N2c1ccccc1-c1ccccc1. The van der Waals surface area contributed by atoms with Crippen molar-refractivity contribution in [2.24, 2.45) is 0 Å². The smallest absolute Gasteiger partial charge is 0.181 e. The lowest BCUT2D eigenvalue weighted by Crippen LogP contribution is -2.14. The first-order valence-electron chi connectivity index (χ1n) is 9.29. The van der Waals surface area contributed by atoms with E-state index < -0.39 is 0 Å². The molecule has 3 heterocycles. The molecular weight excluding hydrogens is 346 g/mol. The van der Waals surface area contributed by atoms with Gasteiger partial charge in [-0.05, 0) is 36.2 Å². The first-order valence-corrected chi connectivity index (χ1v) is 9.29. The van der Waals surface area contributed by atoms with Crippen LogP contribution in [0, 0.1) is 6.92 Å². The van der Waals surface area contributed by atoms with E-state index >= 15 is 0 Å². The normalized spacial score (nSPS) is 12.5. The number of benzene rings is 2. The number of anilines is 3. The standard InChI is InChI=1S/C24H19N3O/c1-17-14-22-24(26-15-17)27(23-19(16-28-22)10-7-13-25-23)21-12-6-5-11-20(21)18-8-3-2-4-9-18/h2-15H,16H2,1H3. The molecule has 28 heavy (non-hydrogen) atoms. The zero-order valence-corrected chi connectivity index (χ0v) is 15.5. The number of pyridine rings is 2. The van der Waals surface area contributed by atoms with E-state index in [4.69, 9.17) is 14.7 Å². The van der Waals surface area contributed by atoms with Crippen LogP contribution in [0.15, 0.2) is 85.2 Å². The quantitative estimate of drug-likeness (QED) is 0.449. The lowest BCUT2D eigenvalue weighted by Gasteiger charge is -2.26. The molecular formula is C24H19N3O. The molecule has 1 aliphatic rings. The Bertz CT molecular complexity index is 1140. The number of rotatable bonds is 2. The number of hydrogen-bond acceptors (Lipinski definition) is 4. The van der Waals surface area contributed by atoms with Gasteiger partial charge in [0.25, 0.3) is 0 Å². The van der Waals surface area contributed by atoms with Crippen LogP contribution in [0.25, 0.3) is 11.1 Å². The summed E-state index contributed by atoms with van der Waals surface area (Å²) < 4.78 is 6.11. The Balaban J connectivity index is 1.79. The molecule has 0 spiro atoms. The highest BCUT2D eigenvalue weighted by atomic mass is 16.5. The molecule has 1 aliphatic heterocycles. The van der Waals surface area contributed by atoms with Crippen molar-refractivity contribution in [1.82, 2.24) is 9.97 Å². The van der Waals surface area contributed by atoms with Gasteiger partial charge in [0.2, 0.25) is 0 Å². The highest BCUT2D eigenvalue weighted by Crippen LogP contribution is 2.45. The fourth-order valence-electron chi connectivity index (χ4n) is 3.57. The topological polar surface area (TPSA) is 38.3 Å². The highest BCUT2D eigenvalue weighted by Gasteiger charge is 2.27. The average Bonchev–Trinajstić information content (AvgIpc) is 2.91. The minimum absolute atomic E-state index is 0.464. The summed E-state index contributed by atoms with van der Waals surface area (Å²) in [4.78, 5) is 11.5. The van der Waals surface area contributed by atoms with Crippen LogP contribution in [0.3, 0.4) is 0 Å². The number of aromatic nitrogens is 2. The van der Waals surface area contributed by atoms with E-state index in [-0.39, 0.29) is 0 Å². The van der Waals surface area contributed by atoms with Gasteiger partial charge >= 0.3 is 0 Å². The number of hydrogen-bond donors (Lipinski definition) is 0. The van der Waals surface area contributed by atoms with Gasteiger partial charge in [-0.3, -0.25) is 4.90 Å². The van der Waals surface area contributed by atoms with Gasteiger partial charge in [-0.2, -0.15) is 0 Å². The molecule has 0 atom stereocenters. The minimum atomic E-state index is 0.464.